The SMILES string of the molecule is Nn1c(SCC(=O)NNC(=O)c2ccccc2F)nnc1C(F)(F)F. The first-order chi connectivity index (χ1) is 11.7. The molecule has 2 aromatic rings. The lowest BCUT2D eigenvalue weighted by atomic mass is 10.2. The van der Waals surface area contributed by atoms with E-state index in [0.29, 0.717) is 11.8 Å². The third kappa shape index (κ3) is 4.59. The van der Waals surface area contributed by atoms with Gasteiger partial charge in [-0.2, -0.15) is 13.2 Å². The number of hydrogen-bond acceptors (Lipinski definition) is 6. The fourth-order valence-electron chi connectivity index (χ4n) is 1.57. The van der Waals surface area contributed by atoms with E-state index in [4.69, 9.17) is 5.84 Å². The first-order valence-corrected chi connectivity index (χ1v) is 7.43. The summed E-state index contributed by atoms with van der Waals surface area (Å²) >= 11 is 0.570. The van der Waals surface area contributed by atoms with Crippen molar-refractivity contribution < 1.29 is 27.2 Å². The normalized spacial score (nSPS) is 11.2. The number of aromatic nitrogens is 3. The number of hydrazine groups is 1. The second-order valence-corrected chi connectivity index (χ2v) is 5.39. The van der Waals surface area contributed by atoms with Crippen molar-refractivity contribution in [2.75, 3.05) is 11.6 Å². The Morgan fingerprint density at radius 1 is 1.20 bits per heavy atom. The number of thioether (sulfide) groups is 1. The molecular formula is C12H10F4N6O2S. The minimum atomic E-state index is -4.78. The lowest BCUT2D eigenvalue weighted by Crippen LogP contribution is -2.42. The van der Waals surface area contributed by atoms with Crippen LogP contribution < -0.4 is 16.7 Å². The van der Waals surface area contributed by atoms with Crippen LogP contribution in [0.5, 0.6) is 0 Å². The van der Waals surface area contributed by atoms with Gasteiger partial charge in [0, 0.05) is 0 Å². The van der Waals surface area contributed by atoms with E-state index in [1.54, 1.807) is 0 Å². The van der Waals surface area contributed by atoms with E-state index in [9.17, 15) is 27.2 Å². The van der Waals surface area contributed by atoms with Crippen LogP contribution in [0.4, 0.5) is 17.6 Å². The van der Waals surface area contributed by atoms with E-state index in [-0.39, 0.29) is 15.4 Å². The van der Waals surface area contributed by atoms with Crippen molar-refractivity contribution in [1.82, 2.24) is 25.7 Å². The summed E-state index contributed by atoms with van der Waals surface area (Å²) < 4.78 is 51.1. The van der Waals surface area contributed by atoms with Crippen LogP contribution in [-0.2, 0) is 11.0 Å². The Kier molecular flexibility index (Phi) is 5.46. The fourth-order valence-corrected chi connectivity index (χ4v) is 2.23. The van der Waals surface area contributed by atoms with Crippen molar-refractivity contribution in [3.8, 4) is 0 Å². The maximum atomic E-state index is 13.4. The zero-order valence-electron chi connectivity index (χ0n) is 12.2. The molecule has 0 aliphatic heterocycles. The number of benzene rings is 1. The number of alkyl halides is 3. The number of halogens is 4. The minimum absolute atomic E-state index is 0.204. The number of rotatable bonds is 4. The molecule has 0 aliphatic carbocycles. The largest absolute Gasteiger partial charge is 0.453 e. The van der Waals surface area contributed by atoms with Crippen LogP contribution in [0.2, 0.25) is 0 Å². The summed E-state index contributed by atoms with van der Waals surface area (Å²) in [6, 6.07) is 5.10. The second kappa shape index (κ2) is 7.38. The fraction of sp³-hybridized carbons (Fsp3) is 0.167. The van der Waals surface area contributed by atoms with Crippen molar-refractivity contribution in [2.24, 2.45) is 0 Å². The van der Waals surface area contributed by atoms with Crippen molar-refractivity contribution >= 4 is 23.6 Å². The van der Waals surface area contributed by atoms with Gasteiger partial charge in [-0.25, -0.2) is 9.07 Å². The maximum absolute atomic E-state index is 13.4. The van der Waals surface area contributed by atoms with E-state index in [2.05, 4.69) is 10.2 Å². The average molecular weight is 378 g/mol. The molecule has 4 N–H and O–H groups in total. The Labute approximate surface area is 141 Å². The summed E-state index contributed by atoms with van der Waals surface area (Å²) in [5.41, 5.74) is 3.68. The number of nitrogen functional groups attached to an aromatic ring is 1. The Bertz CT molecular complexity index is 794. The van der Waals surface area contributed by atoms with Crippen molar-refractivity contribution in [3.63, 3.8) is 0 Å². The third-order valence-electron chi connectivity index (χ3n) is 2.68. The number of nitrogens with one attached hydrogen (secondary N) is 2. The van der Waals surface area contributed by atoms with Gasteiger partial charge in [-0.1, -0.05) is 23.9 Å². The summed E-state index contributed by atoms with van der Waals surface area (Å²) in [5.74, 6) is 0.932. The third-order valence-corrected chi connectivity index (χ3v) is 3.63. The molecule has 0 saturated carbocycles. The van der Waals surface area contributed by atoms with E-state index in [1.165, 1.54) is 18.2 Å². The van der Waals surface area contributed by atoms with Crippen LogP contribution in [0.3, 0.4) is 0 Å². The lowest BCUT2D eigenvalue weighted by Gasteiger charge is -2.08. The molecule has 0 atom stereocenters. The zero-order chi connectivity index (χ0) is 18.6. The molecule has 25 heavy (non-hydrogen) atoms. The van der Waals surface area contributed by atoms with E-state index in [0.717, 1.165) is 6.07 Å². The monoisotopic (exact) mass is 378 g/mol. The average Bonchev–Trinajstić information content (AvgIpc) is 2.92. The van der Waals surface area contributed by atoms with Crippen LogP contribution >= 0.6 is 11.8 Å². The van der Waals surface area contributed by atoms with Gasteiger partial charge in [0.05, 0.1) is 11.3 Å². The molecule has 13 heteroatoms. The van der Waals surface area contributed by atoms with Gasteiger partial charge in [-0.3, -0.25) is 20.4 Å². The van der Waals surface area contributed by atoms with Gasteiger partial charge in [0.1, 0.15) is 5.82 Å². The van der Waals surface area contributed by atoms with Gasteiger partial charge in [0.25, 0.3) is 11.7 Å². The highest BCUT2D eigenvalue weighted by atomic mass is 32.2. The first kappa shape index (κ1) is 18.5. The molecule has 1 heterocycles. The highest BCUT2D eigenvalue weighted by Crippen LogP contribution is 2.28. The summed E-state index contributed by atoms with van der Waals surface area (Å²) in [7, 11) is 0. The molecule has 0 bridgehead atoms. The summed E-state index contributed by atoms with van der Waals surface area (Å²) in [4.78, 5) is 23.3. The predicted octanol–water partition coefficient (Wildman–Crippen LogP) is 0.703. The number of nitrogens with two attached hydrogens (primary N) is 1. The molecule has 1 aromatic heterocycles. The number of amides is 2. The number of carbonyl (C=O) groups excluding carboxylic acids is 2. The molecule has 134 valence electrons. The van der Waals surface area contributed by atoms with Crippen molar-refractivity contribution in [2.45, 2.75) is 11.3 Å². The van der Waals surface area contributed by atoms with Crippen molar-refractivity contribution in [3.05, 3.63) is 41.5 Å². The highest BCUT2D eigenvalue weighted by Gasteiger charge is 2.38. The highest BCUT2D eigenvalue weighted by molar-refractivity contribution is 7.99. The Balaban J connectivity index is 1.87. The lowest BCUT2D eigenvalue weighted by molar-refractivity contribution is -0.146. The Hall–Kier alpha value is -2.83. The van der Waals surface area contributed by atoms with Gasteiger partial charge in [-0.15, -0.1) is 10.2 Å². The van der Waals surface area contributed by atoms with Crippen LogP contribution in [0, 0.1) is 5.82 Å². The summed E-state index contributed by atoms with van der Waals surface area (Å²) in [6.07, 6.45) is -4.78. The van der Waals surface area contributed by atoms with Crippen LogP contribution in [0.25, 0.3) is 0 Å². The molecule has 0 spiro atoms. The molecule has 2 amide bonds. The Morgan fingerprint density at radius 2 is 1.88 bits per heavy atom. The summed E-state index contributed by atoms with van der Waals surface area (Å²) in [5, 5.41) is 5.77. The molecule has 0 radical (unpaired) electrons. The van der Waals surface area contributed by atoms with Gasteiger partial charge in [0.2, 0.25) is 11.1 Å². The minimum Gasteiger partial charge on any atom is -0.335 e. The smallest absolute Gasteiger partial charge is 0.335 e. The second-order valence-electron chi connectivity index (χ2n) is 4.44. The molecule has 0 fully saturated rings. The molecule has 0 unspecified atom stereocenters. The number of nitrogens with zero attached hydrogens (tertiary/aromatic N) is 3. The predicted molar refractivity (Wildman–Crippen MR) is 77.9 cm³/mol. The van der Waals surface area contributed by atoms with Gasteiger partial charge < -0.3 is 5.84 Å². The van der Waals surface area contributed by atoms with Crippen LogP contribution in [0.15, 0.2) is 29.4 Å². The van der Waals surface area contributed by atoms with E-state index >= 15 is 0 Å². The van der Waals surface area contributed by atoms with Crippen LogP contribution in [0.1, 0.15) is 16.2 Å². The summed E-state index contributed by atoms with van der Waals surface area (Å²) in [6.45, 7) is 0. The molecule has 0 aliphatic rings. The maximum Gasteiger partial charge on any atom is 0.453 e. The molecule has 2 rings (SSSR count). The van der Waals surface area contributed by atoms with Gasteiger partial charge >= 0.3 is 6.18 Å². The first-order valence-electron chi connectivity index (χ1n) is 6.44. The standard InChI is InChI=1S/C12H10F4N6O2S/c13-7-4-2-1-3-6(7)9(24)19-18-8(23)5-25-11-21-20-10(22(11)17)12(14,15)16/h1-4H,5,17H2,(H,18,23)(H,19,24). The van der Waals surface area contributed by atoms with Crippen molar-refractivity contribution in [1.29, 1.82) is 0 Å². The van der Waals surface area contributed by atoms with Crippen LogP contribution in [-0.4, -0.2) is 32.4 Å². The molecule has 0 saturated heterocycles. The van der Waals surface area contributed by atoms with E-state index in [1.807, 2.05) is 10.9 Å². The van der Waals surface area contributed by atoms with Gasteiger partial charge in [-0.05, 0) is 12.1 Å². The quantitative estimate of drug-likeness (QED) is 0.312. The molecular weight excluding hydrogens is 368 g/mol. The topological polar surface area (TPSA) is 115 Å². The number of hydrogen-bond donors (Lipinski definition) is 3. The number of carbonyl (C=O) groups is 2. The molecule has 8 nitrogen and oxygen atoms in total. The molecule has 1 aromatic carbocycles. The Morgan fingerprint density at radius 3 is 2.48 bits per heavy atom. The van der Waals surface area contributed by atoms with Gasteiger partial charge in [0.15, 0.2) is 0 Å². The van der Waals surface area contributed by atoms with E-state index < -0.39 is 35.4 Å². The zero-order valence-corrected chi connectivity index (χ0v) is 13.0.